The number of aromatic hydroxyl groups is 1. The van der Waals surface area contributed by atoms with Crippen molar-refractivity contribution in [2.75, 3.05) is 26.4 Å². The van der Waals surface area contributed by atoms with Crippen LogP contribution in [-0.4, -0.2) is 93.9 Å². The molecule has 0 bridgehead atoms. The van der Waals surface area contributed by atoms with Crippen LogP contribution in [0.25, 0.3) is 6.08 Å². The van der Waals surface area contributed by atoms with E-state index in [9.17, 15) is 25.5 Å². The summed E-state index contributed by atoms with van der Waals surface area (Å²) in [4.78, 5) is 0. The van der Waals surface area contributed by atoms with E-state index in [0.717, 1.165) is 5.56 Å². The van der Waals surface area contributed by atoms with Gasteiger partial charge in [0, 0.05) is 0 Å². The Bertz CT molecular complexity index is 575. The second-order valence-corrected chi connectivity index (χ2v) is 6.22. The van der Waals surface area contributed by atoms with Gasteiger partial charge in [0.1, 0.15) is 36.3 Å². The maximum Gasteiger partial charge on any atom is 0.186 e. The minimum atomic E-state index is -1.53. The first-order valence-corrected chi connectivity index (χ1v) is 8.56. The van der Waals surface area contributed by atoms with Gasteiger partial charge in [0.2, 0.25) is 0 Å². The molecule has 0 radical (unpaired) electrons. The largest absolute Gasteiger partial charge is 0.508 e. The van der Waals surface area contributed by atoms with Crippen LogP contribution in [0.5, 0.6) is 5.75 Å². The minimum Gasteiger partial charge on any atom is -0.508 e. The number of phenols is 1. The van der Waals surface area contributed by atoms with Gasteiger partial charge in [-0.1, -0.05) is 24.3 Å². The Kier molecular flexibility index (Phi) is 8.61. The number of hydrogen-bond acceptors (Lipinski definition) is 9. The van der Waals surface area contributed by atoms with Crippen molar-refractivity contribution < 1.29 is 44.8 Å². The molecule has 0 spiro atoms. The summed E-state index contributed by atoms with van der Waals surface area (Å²) in [5, 5.41) is 57.3. The molecule has 0 saturated carbocycles. The van der Waals surface area contributed by atoms with Crippen LogP contribution < -0.4 is 0 Å². The van der Waals surface area contributed by atoms with Crippen molar-refractivity contribution >= 4 is 6.08 Å². The summed E-state index contributed by atoms with van der Waals surface area (Å²) in [6.45, 7) is -0.566. The Morgan fingerprint density at radius 2 is 1.74 bits per heavy atom. The topological polar surface area (TPSA) is 149 Å². The molecule has 1 fully saturated rings. The highest BCUT2D eigenvalue weighted by Gasteiger charge is 2.44. The van der Waals surface area contributed by atoms with Crippen LogP contribution in [0.2, 0.25) is 0 Å². The van der Waals surface area contributed by atoms with E-state index < -0.39 is 43.4 Å². The van der Waals surface area contributed by atoms with E-state index in [-0.39, 0.29) is 25.6 Å². The maximum absolute atomic E-state index is 9.85. The van der Waals surface area contributed by atoms with Gasteiger partial charge in [0.25, 0.3) is 0 Å². The summed E-state index contributed by atoms with van der Waals surface area (Å²) in [5.74, 6) is 0.186. The molecule has 0 amide bonds. The van der Waals surface area contributed by atoms with Crippen LogP contribution in [0, 0.1) is 0 Å². The van der Waals surface area contributed by atoms with Gasteiger partial charge in [-0.25, -0.2) is 0 Å². The number of ether oxygens (including phenoxy) is 3. The Morgan fingerprint density at radius 3 is 2.41 bits per heavy atom. The van der Waals surface area contributed by atoms with Gasteiger partial charge in [0.05, 0.1) is 26.4 Å². The molecule has 1 aromatic carbocycles. The first kappa shape index (κ1) is 21.7. The molecule has 6 N–H and O–H groups in total. The van der Waals surface area contributed by atoms with Crippen molar-refractivity contribution in [3.05, 3.63) is 35.9 Å². The molecular weight excluding hydrogens is 360 g/mol. The van der Waals surface area contributed by atoms with Crippen LogP contribution in [0.3, 0.4) is 0 Å². The number of phenolic OH excluding ortho intramolecular Hbond substituents is 1. The molecule has 6 atom stereocenters. The third kappa shape index (κ3) is 6.52. The van der Waals surface area contributed by atoms with Gasteiger partial charge in [-0.2, -0.15) is 0 Å². The quantitative estimate of drug-likeness (QED) is 0.282. The zero-order valence-electron chi connectivity index (χ0n) is 14.7. The maximum atomic E-state index is 9.85. The Hall–Kier alpha value is -1.56. The summed E-state index contributed by atoms with van der Waals surface area (Å²) in [5.41, 5.74) is 0.892. The number of rotatable bonds is 9. The SMILES string of the molecule is OC[C@H]1O[C@@H](OCC(O)COCC=Cc2ccc(O)cc2)[C@H](O)[C@@H](O)[C@@H]1O. The van der Waals surface area contributed by atoms with Gasteiger partial charge >= 0.3 is 0 Å². The van der Waals surface area contributed by atoms with Crippen molar-refractivity contribution in [1.29, 1.82) is 0 Å². The van der Waals surface area contributed by atoms with E-state index in [4.69, 9.17) is 19.3 Å². The molecule has 1 aliphatic rings. The third-order valence-corrected chi connectivity index (χ3v) is 4.03. The smallest absolute Gasteiger partial charge is 0.186 e. The highest BCUT2D eigenvalue weighted by Crippen LogP contribution is 2.22. The van der Waals surface area contributed by atoms with Gasteiger partial charge in [0.15, 0.2) is 6.29 Å². The molecular formula is C18H26O9. The zero-order chi connectivity index (χ0) is 19.8. The monoisotopic (exact) mass is 386 g/mol. The summed E-state index contributed by atoms with van der Waals surface area (Å²) in [6.07, 6.45) is -4.30. The van der Waals surface area contributed by atoms with Crippen molar-refractivity contribution in [3.63, 3.8) is 0 Å². The minimum absolute atomic E-state index is 0.0304. The van der Waals surface area contributed by atoms with Gasteiger partial charge in [-0.05, 0) is 17.7 Å². The molecule has 27 heavy (non-hydrogen) atoms. The molecule has 0 aliphatic carbocycles. The first-order chi connectivity index (χ1) is 12.9. The lowest BCUT2D eigenvalue weighted by Crippen LogP contribution is -2.59. The summed E-state index contributed by atoms with van der Waals surface area (Å²) in [7, 11) is 0. The lowest BCUT2D eigenvalue weighted by molar-refractivity contribution is -0.305. The molecule has 9 nitrogen and oxygen atoms in total. The second-order valence-electron chi connectivity index (χ2n) is 6.22. The zero-order valence-corrected chi connectivity index (χ0v) is 14.7. The van der Waals surface area contributed by atoms with Gasteiger partial charge in [-0.15, -0.1) is 0 Å². The summed E-state index contributed by atoms with van der Waals surface area (Å²) >= 11 is 0. The predicted octanol–water partition coefficient (Wildman–Crippen LogP) is -1.40. The molecule has 9 heteroatoms. The average molecular weight is 386 g/mol. The van der Waals surface area contributed by atoms with E-state index >= 15 is 0 Å². The number of aliphatic hydroxyl groups is 5. The number of benzene rings is 1. The molecule has 1 saturated heterocycles. The van der Waals surface area contributed by atoms with E-state index in [1.807, 2.05) is 0 Å². The predicted molar refractivity (Wildman–Crippen MR) is 93.7 cm³/mol. The summed E-state index contributed by atoms with van der Waals surface area (Å²) < 4.78 is 15.7. The van der Waals surface area contributed by atoms with Crippen LogP contribution in [0.15, 0.2) is 30.3 Å². The molecule has 1 heterocycles. The Morgan fingerprint density at radius 1 is 1.04 bits per heavy atom. The fourth-order valence-electron chi connectivity index (χ4n) is 2.50. The van der Waals surface area contributed by atoms with E-state index in [1.165, 1.54) is 0 Å². The molecule has 0 aromatic heterocycles. The van der Waals surface area contributed by atoms with Crippen molar-refractivity contribution in [1.82, 2.24) is 0 Å². The van der Waals surface area contributed by atoms with Crippen LogP contribution >= 0.6 is 0 Å². The fourth-order valence-corrected chi connectivity index (χ4v) is 2.50. The fraction of sp³-hybridized carbons (Fsp3) is 0.556. The lowest BCUT2D eigenvalue weighted by Gasteiger charge is -2.39. The standard InChI is InChI=1S/C18H26O9/c19-8-14-15(22)16(23)17(24)18(27-14)26-10-13(21)9-25-7-1-2-11-3-5-12(20)6-4-11/h1-6,13-24H,7-10H2/t13?,14-,15-,16+,17-,18-/m1/s1. The third-order valence-electron chi connectivity index (χ3n) is 4.03. The van der Waals surface area contributed by atoms with Crippen LogP contribution in [0.4, 0.5) is 0 Å². The van der Waals surface area contributed by atoms with E-state index in [0.29, 0.717) is 0 Å². The second kappa shape index (κ2) is 10.7. The van der Waals surface area contributed by atoms with E-state index in [1.54, 1.807) is 36.4 Å². The number of hydrogen-bond donors (Lipinski definition) is 6. The molecule has 152 valence electrons. The van der Waals surface area contributed by atoms with Crippen LogP contribution in [0.1, 0.15) is 5.56 Å². The van der Waals surface area contributed by atoms with E-state index in [2.05, 4.69) is 0 Å². The summed E-state index contributed by atoms with van der Waals surface area (Å²) in [6, 6.07) is 6.63. The highest BCUT2D eigenvalue weighted by molar-refractivity contribution is 5.50. The molecule has 1 aromatic rings. The van der Waals surface area contributed by atoms with Crippen molar-refractivity contribution in [2.45, 2.75) is 36.8 Å². The van der Waals surface area contributed by atoms with Crippen molar-refractivity contribution in [2.24, 2.45) is 0 Å². The molecule has 2 rings (SSSR count). The lowest BCUT2D eigenvalue weighted by atomic mass is 9.99. The van der Waals surface area contributed by atoms with Gasteiger partial charge < -0.3 is 44.8 Å². The Balaban J connectivity index is 1.66. The first-order valence-electron chi connectivity index (χ1n) is 8.56. The van der Waals surface area contributed by atoms with Crippen molar-refractivity contribution in [3.8, 4) is 5.75 Å². The highest BCUT2D eigenvalue weighted by atomic mass is 16.7. The molecule has 1 aliphatic heterocycles. The molecule has 1 unspecified atom stereocenters. The van der Waals surface area contributed by atoms with Crippen LogP contribution in [-0.2, 0) is 14.2 Å². The van der Waals surface area contributed by atoms with Gasteiger partial charge in [-0.3, -0.25) is 0 Å². The Labute approximate surface area is 156 Å². The number of aliphatic hydroxyl groups excluding tert-OH is 5. The average Bonchev–Trinajstić information content (AvgIpc) is 2.67. The normalized spacial score (nSPS) is 29.9.